The van der Waals surface area contributed by atoms with Crippen LogP contribution >= 0.6 is 11.6 Å². The highest BCUT2D eigenvalue weighted by atomic mass is 35.5. The van der Waals surface area contributed by atoms with E-state index in [1.807, 2.05) is 31.2 Å². The molecular weight excluding hydrogens is 556 g/mol. The van der Waals surface area contributed by atoms with Crippen molar-refractivity contribution in [3.8, 4) is 34.8 Å². The van der Waals surface area contributed by atoms with Crippen molar-refractivity contribution >= 4 is 17.6 Å². The summed E-state index contributed by atoms with van der Waals surface area (Å²) in [4.78, 5) is 12.8. The van der Waals surface area contributed by atoms with Gasteiger partial charge in [-0.1, -0.05) is 41.9 Å². The smallest absolute Gasteiger partial charge is 0.343 e. The molecule has 0 aliphatic carbocycles. The molecule has 9 heteroatoms. The number of carbonyl (C=O) groups excluding carboxylic acids is 1. The van der Waals surface area contributed by atoms with Gasteiger partial charge in [-0.25, -0.2) is 4.79 Å². The molecular formula is C33H27ClN2O6. The van der Waals surface area contributed by atoms with E-state index in [0.717, 1.165) is 11.1 Å². The van der Waals surface area contributed by atoms with Gasteiger partial charge in [0.2, 0.25) is 5.88 Å². The van der Waals surface area contributed by atoms with Gasteiger partial charge in [0.1, 0.15) is 35.5 Å². The Morgan fingerprint density at radius 1 is 0.976 bits per heavy atom. The fourth-order valence-corrected chi connectivity index (χ4v) is 4.72. The standard InChI is InChI=1S/C33H27ClN2O6/c1-3-39-30-16-21(9-14-28(30)40-19-20-7-10-23(34)11-8-20)31-26-13-12-25(17-29(26)42-32(36)27(31)18-35)41-33(37)22-5-4-6-24(15-22)38-2/h4-17,31H,3,19,36H2,1-2H3. The van der Waals surface area contributed by atoms with Crippen molar-refractivity contribution in [1.82, 2.24) is 0 Å². The Labute approximate surface area is 248 Å². The summed E-state index contributed by atoms with van der Waals surface area (Å²) in [7, 11) is 1.52. The van der Waals surface area contributed by atoms with Crippen LogP contribution in [0.3, 0.4) is 0 Å². The molecule has 1 aliphatic heterocycles. The van der Waals surface area contributed by atoms with E-state index >= 15 is 0 Å². The Morgan fingerprint density at radius 2 is 1.79 bits per heavy atom. The van der Waals surface area contributed by atoms with Crippen LogP contribution in [0.25, 0.3) is 0 Å². The summed E-state index contributed by atoms with van der Waals surface area (Å²) in [6.07, 6.45) is 0. The first-order valence-corrected chi connectivity index (χ1v) is 13.5. The summed E-state index contributed by atoms with van der Waals surface area (Å²) in [5.41, 5.74) is 9.17. The Kier molecular flexibility index (Phi) is 8.51. The predicted octanol–water partition coefficient (Wildman–Crippen LogP) is 6.76. The molecule has 0 spiro atoms. The molecule has 0 aromatic heterocycles. The van der Waals surface area contributed by atoms with Crippen LogP contribution in [0.4, 0.5) is 0 Å². The minimum absolute atomic E-state index is 0.0349. The number of allylic oxidation sites excluding steroid dienone is 1. The van der Waals surface area contributed by atoms with E-state index in [2.05, 4.69) is 6.07 Å². The molecule has 4 aromatic carbocycles. The fraction of sp³-hybridized carbons (Fsp3) is 0.152. The van der Waals surface area contributed by atoms with Gasteiger partial charge in [0.05, 0.1) is 25.2 Å². The number of hydrogen-bond donors (Lipinski definition) is 1. The molecule has 0 saturated heterocycles. The second-order valence-electron chi connectivity index (χ2n) is 9.30. The van der Waals surface area contributed by atoms with Crippen molar-refractivity contribution in [2.45, 2.75) is 19.4 Å². The molecule has 4 aromatic rings. The number of carbonyl (C=O) groups is 1. The zero-order valence-electron chi connectivity index (χ0n) is 22.9. The molecule has 0 radical (unpaired) electrons. The van der Waals surface area contributed by atoms with Crippen molar-refractivity contribution in [3.63, 3.8) is 0 Å². The summed E-state index contributed by atoms with van der Waals surface area (Å²) in [6, 6.07) is 26.7. The Morgan fingerprint density at radius 3 is 2.52 bits per heavy atom. The van der Waals surface area contributed by atoms with Crippen molar-refractivity contribution in [3.05, 3.63) is 124 Å². The number of nitrogens with zero attached hydrogens (tertiary/aromatic N) is 1. The lowest BCUT2D eigenvalue weighted by atomic mass is 9.83. The molecule has 2 N–H and O–H groups in total. The van der Waals surface area contributed by atoms with Gasteiger partial charge in [-0.15, -0.1) is 0 Å². The van der Waals surface area contributed by atoms with Crippen molar-refractivity contribution in [1.29, 1.82) is 5.26 Å². The van der Waals surface area contributed by atoms with Gasteiger partial charge in [0.25, 0.3) is 0 Å². The summed E-state index contributed by atoms with van der Waals surface area (Å²) in [5.74, 6) is 1.10. The van der Waals surface area contributed by atoms with Crippen LogP contribution in [0.1, 0.15) is 39.9 Å². The quantitative estimate of drug-likeness (QED) is 0.170. The molecule has 0 amide bonds. The molecule has 0 bridgehead atoms. The maximum atomic E-state index is 12.8. The highest BCUT2D eigenvalue weighted by Gasteiger charge is 2.32. The van der Waals surface area contributed by atoms with E-state index in [1.165, 1.54) is 7.11 Å². The van der Waals surface area contributed by atoms with Crippen LogP contribution in [0.15, 0.2) is 96.4 Å². The third-order valence-electron chi connectivity index (χ3n) is 6.62. The van der Waals surface area contributed by atoms with E-state index in [-0.39, 0.29) is 17.2 Å². The monoisotopic (exact) mass is 582 g/mol. The van der Waals surface area contributed by atoms with E-state index in [4.69, 9.17) is 41.0 Å². The second kappa shape index (κ2) is 12.6. The Hall–Kier alpha value is -5.13. The molecule has 1 atom stereocenters. The van der Waals surface area contributed by atoms with Gasteiger partial charge in [-0.2, -0.15) is 5.26 Å². The number of benzene rings is 4. The topological polar surface area (TPSA) is 113 Å². The lowest BCUT2D eigenvalue weighted by Crippen LogP contribution is -2.21. The highest BCUT2D eigenvalue weighted by molar-refractivity contribution is 6.30. The molecule has 212 valence electrons. The minimum Gasteiger partial charge on any atom is -0.497 e. The maximum Gasteiger partial charge on any atom is 0.343 e. The van der Waals surface area contributed by atoms with Crippen LogP contribution in [-0.4, -0.2) is 19.7 Å². The SMILES string of the molecule is CCOc1cc(C2C(C#N)=C(N)Oc3cc(OC(=O)c4cccc(OC)c4)ccc32)ccc1OCc1ccc(Cl)cc1. The number of rotatable bonds is 9. The van der Waals surface area contributed by atoms with Crippen LogP contribution in [0.2, 0.25) is 5.02 Å². The lowest BCUT2D eigenvalue weighted by molar-refractivity contribution is 0.0734. The number of hydrogen-bond acceptors (Lipinski definition) is 8. The van der Waals surface area contributed by atoms with Crippen molar-refractivity contribution in [2.75, 3.05) is 13.7 Å². The van der Waals surface area contributed by atoms with Gasteiger partial charge >= 0.3 is 5.97 Å². The normalized spacial score (nSPS) is 13.8. The van der Waals surface area contributed by atoms with Crippen LogP contribution < -0.4 is 29.4 Å². The van der Waals surface area contributed by atoms with Gasteiger partial charge in [0, 0.05) is 16.7 Å². The first kappa shape index (κ1) is 28.4. The van der Waals surface area contributed by atoms with Gasteiger partial charge in [-0.05, 0) is 66.6 Å². The Bertz CT molecular complexity index is 1690. The number of halogens is 1. The Balaban J connectivity index is 1.44. The molecule has 0 saturated carbocycles. The number of nitrogens with two attached hydrogens (primary N) is 1. The average molecular weight is 583 g/mol. The van der Waals surface area contributed by atoms with Crippen LogP contribution in [0.5, 0.6) is 28.7 Å². The molecule has 5 rings (SSSR count). The van der Waals surface area contributed by atoms with Crippen LogP contribution in [0, 0.1) is 11.3 Å². The summed E-state index contributed by atoms with van der Waals surface area (Å²) < 4.78 is 28.6. The molecule has 8 nitrogen and oxygen atoms in total. The molecule has 0 fully saturated rings. The highest BCUT2D eigenvalue weighted by Crippen LogP contribution is 2.45. The molecule has 1 heterocycles. The fourth-order valence-electron chi connectivity index (χ4n) is 4.59. The zero-order valence-corrected chi connectivity index (χ0v) is 23.7. The number of nitriles is 1. The molecule has 1 aliphatic rings. The number of fused-ring (bicyclic) bond motifs is 1. The third-order valence-corrected chi connectivity index (χ3v) is 6.87. The van der Waals surface area contributed by atoms with E-state index < -0.39 is 11.9 Å². The average Bonchev–Trinajstić information content (AvgIpc) is 3.00. The second-order valence-corrected chi connectivity index (χ2v) is 9.74. The zero-order chi connectivity index (χ0) is 29.6. The lowest BCUT2D eigenvalue weighted by Gasteiger charge is -2.27. The number of methoxy groups -OCH3 is 1. The molecule has 42 heavy (non-hydrogen) atoms. The summed E-state index contributed by atoms with van der Waals surface area (Å²) in [6.45, 7) is 2.62. The van der Waals surface area contributed by atoms with Gasteiger partial charge in [-0.3, -0.25) is 0 Å². The first-order valence-electron chi connectivity index (χ1n) is 13.1. The number of esters is 1. The largest absolute Gasteiger partial charge is 0.497 e. The first-order chi connectivity index (χ1) is 20.4. The third kappa shape index (κ3) is 6.12. The van der Waals surface area contributed by atoms with Gasteiger partial charge in [0.15, 0.2) is 11.5 Å². The summed E-state index contributed by atoms with van der Waals surface area (Å²) in [5, 5.41) is 10.7. The van der Waals surface area contributed by atoms with E-state index in [0.29, 0.717) is 52.4 Å². The van der Waals surface area contributed by atoms with Crippen molar-refractivity contribution < 1.29 is 28.5 Å². The molecule has 1 unspecified atom stereocenters. The summed E-state index contributed by atoms with van der Waals surface area (Å²) >= 11 is 5.99. The van der Waals surface area contributed by atoms with Crippen LogP contribution in [-0.2, 0) is 6.61 Å². The number of ether oxygens (including phenoxy) is 5. The van der Waals surface area contributed by atoms with Crippen molar-refractivity contribution in [2.24, 2.45) is 5.73 Å². The maximum absolute atomic E-state index is 12.8. The minimum atomic E-state index is -0.557. The van der Waals surface area contributed by atoms with E-state index in [1.54, 1.807) is 60.7 Å². The predicted molar refractivity (Wildman–Crippen MR) is 157 cm³/mol. The van der Waals surface area contributed by atoms with Gasteiger partial charge < -0.3 is 29.4 Å². The van der Waals surface area contributed by atoms with E-state index in [9.17, 15) is 10.1 Å².